The van der Waals surface area contributed by atoms with E-state index in [0.29, 0.717) is 0 Å². The molecular formula is C25H21NS. The van der Waals surface area contributed by atoms with Crippen LogP contribution in [0.1, 0.15) is 22.3 Å². The van der Waals surface area contributed by atoms with Crippen molar-refractivity contribution in [2.75, 3.05) is 0 Å². The third-order valence-electron chi connectivity index (χ3n) is 5.52. The Kier molecular flexibility index (Phi) is 3.60. The van der Waals surface area contributed by atoms with E-state index in [0.717, 1.165) is 5.52 Å². The Morgan fingerprint density at radius 3 is 2.30 bits per heavy atom. The van der Waals surface area contributed by atoms with Gasteiger partial charge in [-0.1, -0.05) is 59.7 Å². The molecule has 0 atom stereocenters. The zero-order chi connectivity index (χ0) is 18.7. The molecule has 0 amide bonds. The van der Waals surface area contributed by atoms with Crippen LogP contribution in [-0.4, -0.2) is 4.98 Å². The predicted octanol–water partition coefficient (Wildman–Crippen LogP) is 7.50. The molecule has 0 saturated carbocycles. The Labute approximate surface area is 163 Å². The molecule has 5 aromatic rings. The summed E-state index contributed by atoms with van der Waals surface area (Å²) in [6, 6.07) is 18.0. The maximum Gasteiger partial charge on any atom is 0.0897 e. The van der Waals surface area contributed by atoms with Crippen LogP contribution in [-0.2, 0) is 0 Å². The standard InChI is InChI=1S/C25H21NS/c1-14-8-9-18-21(12-14)23-19(22-16(3)10-15(2)11-17(22)4)6-5-7-20(23)24-25(18)27-13-26-24/h5-13H,1-4H3. The van der Waals surface area contributed by atoms with E-state index in [9.17, 15) is 0 Å². The molecule has 27 heavy (non-hydrogen) atoms. The molecule has 0 fully saturated rings. The Balaban J connectivity index is 2.06. The number of hydrogen-bond acceptors (Lipinski definition) is 2. The Morgan fingerprint density at radius 2 is 1.52 bits per heavy atom. The average Bonchev–Trinajstić information content (AvgIpc) is 3.11. The van der Waals surface area contributed by atoms with Gasteiger partial charge in [0.25, 0.3) is 0 Å². The second-order valence-electron chi connectivity index (χ2n) is 7.58. The summed E-state index contributed by atoms with van der Waals surface area (Å²) >= 11 is 1.74. The van der Waals surface area contributed by atoms with Crippen molar-refractivity contribution in [2.24, 2.45) is 0 Å². The fraction of sp³-hybridized carbons (Fsp3) is 0.160. The number of thiazole rings is 1. The quantitative estimate of drug-likeness (QED) is 0.279. The van der Waals surface area contributed by atoms with Crippen molar-refractivity contribution in [2.45, 2.75) is 27.7 Å². The van der Waals surface area contributed by atoms with Crippen LogP contribution in [0.15, 0.2) is 54.0 Å². The maximum absolute atomic E-state index is 4.73. The normalized spacial score (nSPS) is 11.7. The van der Waals surface area contributed by atoms with Crippen molar-refractivity contribution < 1.29 is 0 Å². The number of hydrogen-bond donors (Lipinski definition) is 0. The van der Waals surface area contributed by atoms with Crippen LogP contribution < -0.4 is 0 Å². The van der Waals surface area contributed by atoms with E-state index in [2.05, 4.69) is 76.2 Å². The molecule has 5 rings (SSSR count). The molecule has 0 spiro atoms. The number of aromatic nitrogens is 1. The van der Waals surface area contributed by atoms with Crippen LogP contribution in [0.3, 0.4) is 0 Å². The summed E-state index contributed by atoms with van der Waals surface area (Å²) < 4.78 is 1.28. The van der Waals surface area contributed by atoms with E-state index in [-0.39, 0.29) is 0 Å². The number of aryl methyl sites for hydroxylation is 4. The van der Waals surface area contributed by atoms with Gasteiger partial charge in [-0.15, -0.1) is 11.3 Å². The number of benzene rings is 4. The van der Waals surface area contributed by atoms with Crippen LogP contribution >= 0.6 is 11.3 Å². The molecule has 0 bridgehead atoms. The van der Waals surface area contributed by atoms with E-state index < -0.39 is 0 Å². The number of fused-ring (bicyclic) bond motifs is 6. The minimum Gasteiger partial charge on any atom is -0.244 e. The molecule has 0 unspecified atom stereocenters. The van der Waals surface area contributed by atoms with Gasteiger partial charge in [0, 0.05) is 10.8 Å². The van der Waals surface area contributed by atoms with Crippen LogP contribution in [0.25, 0.3) is 42.9 Å². The minimum atomic E-state index is 1.12. The van der Waals surface area contributed by atoms with Crippen LogP contribution in [0, 0.1) is 27.7 Å². The van der Waals surface area contributed by atoms with Crippen molar-refractivity contribution in [1.82, 2.24) is 4.98 Å². The fourth-order valence-corrected chi connectivity index (χ4v) is 5.39. The number of nitrogens with zero attached hydrogens (tertiary/aromatic N) is 1. The van der Waals surface area contributed by atoms with E-state index in [1.807, 2.05) is 5.51 Å². The third kappa shape index (κ3) is 2.40. The Morgan fingerprint density at radius 1 is 0.741 bits per heavy atom. The highest BCUT2D eigenvalue weighted by Crippen LogP contribution is 2.42. The third-order valence-corrected chi connectivity index (χ3v) is 6.38. The van der Waals surface area contributed by atoms with Gasteiger partial charge in [-0.25, -0.2) is 4.98 Å². The average molecular weight is 368 g/mol. The van der Waals surface area contributed by atoms with E-state index >= 15 is 0 Å². The molecule has 2 heteroatoms. The van der Waals surface area contributed by atoms with Crippen molar-refractivity contribution in [3.8, 4) is 11.1 Å². The molecule has 4 aromatic carbocycles. The van der Waals surface area contributed by atoms with Crippen molar-refractivity contribution in [3.05, 3.63) is 76.3 Å². The summed E-state index contributed by atoms with van der Waals surface area (Å²) in [6.07, 6.45) is 0. The van der Waals surface area contributed by atoms with Gasteiger partial charge in [-0.3, -0.25) is 0 Å². The first-order valence-corrected chi connectivity index (χ1v) is 10.2. The SMILES string of the molecule is Cc1cc(C)c(-c2cccc3c4ncsc4c4ccc(C)cc4c23)c(C)c1. The first kappa shape index (κ1) is 16.5. The van der Waals surface area contributed by atoms with Gasteiger partial charge in [-0.2, -0.15) is 0 Å². The van der Waals surface area contributed by atoms with Gasteiger partial charge in [0.15, 0.2) is 0 Å². The minimum absolute atomic E-state index is 1.12. The lowest BCUT2D eigenvalue weighted by Gasteiger charge is -2.16. The van der Waals surface area contributed by atoms with Gasteiger partial charge >= 0.3 is 0 Å². The Bertz CT molecular complexity index is 1330. The van der Waals surface area contributed by atoms with E-state index in [4.69, 9.17) is 4.98 Å². The van der Waals surface area contributed by atoms with Crippen molar-refractivity contribution in [3.63, 3.8) is 0 Å². The van der Waals surface area contributed by atoms with Gasteiger partial charge in [0.05, 0.1) is 15.7 Å². The van der Waals surface area contributed by atoms with Gasteiger partial charge in [0.2, 0.25) is 0 Å². The zero-order valence-corrected chi connectivity index (χ0v) is 16.9. The summed E-state index contributed by atoms with van der Waals surface area (Å²) in [5.41, 5.74) is 11.0. The van der Waals surface area contributed by atoms with Gasteiger partial charge < -0.3 is 0 Å². The molecule has 1 aromatic heterocycles. The summed E-state index contributed by atoms with van der Waals surface area (Å²) in [7, 11) is 0. The van der Waals surface area contributed by atoms with E-state index in [1.54, 1.807) is 11.3 Å². The summed E-state index contributed by atoms with van der Waals surface area (Å²) in [6.45, 7) is 8.80. The van der Waals surface area contributed by atoms with Crippen molar-refractivity contribution >= 4 is 43.1 Å². The molecule has 1 nitrogen and oxygen atoms in total. The highest BCUT2D eigenvalue weighted by Gasteiger charge is 2.16. The molecule has 132 valence electrons. The van der Waals surface area contributed by atoms with E-state index in [1.165, 1.54) is 59.6 Å². The largest absolute Gasteiger partial charge is 0.244 e. The lowest BCUT2D eigenvalue weighted by Crippen LogP contribution is -1.93. The van der Waals surface area contributed by atoms with Crippen LogP contribution in [0.5, 0.6) is 0 Å². The maximum atomic E-state index is 4.73. The van der Waals surface area contributed by atoms with Gasteiger partial charge in [-0.05, 0) is 60.7 Å². The van der Waals surface area contributed by atoms with Crippen molar-refractivity contribution in [1.29, 1.82) is 0 Å². The first-order valence-electron chi connectivity index (χ1n) is 9.31. The summed E-state index contributed by atoms with van der Waals surface area (Å²) in [5.74, 6) is 0. The molecular weight excluding hydrogens is 346 g/mol. The lowest BCUT2D eigenvalue weighted by molar-refractivity contribution is 1.32. The first-order chi connectivity index (χ1) is 13.0. The molecule has 0 aliphatic carbocycles. The zero-order valence-electron chi connectivity index (χ0n) is 16.1. The highest BCUT2D eigenvalue weighted by molar-refractivity contribution is 7.18. The second kappa shape index (κ2) is 5.90. The molecule has 1 heterocycles. The topological polar surface area (TPSA) is 12.9 Å². The Hall–Kier alpha value is -2.71. The highest BCUT2D eigenvalue weighted by atomic mass is 32.1. The molecule has 0 aliphatic rings. The number of rotatable bonds is 1. The van der Waals surface area contributed by atoms with Crippen LogP contribution in [0.2, 0.25) is 0 Å². The predicted molar refractivity (Wildman–Crippen MR) is 119 cm³/mol. The van der Waals surface area contributed by atoms with Crippen LogP contribution in [0.4, 0.5) is 0 Å². The molecule has 0 aliphatic heterocycles. The molecule has 0 radical (unpaired) electrons. The monoisotopic (exact) mass is 367 g/mol. The smallest absolute Gasteiger partial charge is 0.0897 e. The second-order valence-corrected chi connectivity index (χ2v) is 8.44. The summed E-state index contributed by atoms with van der Waals surface area (Å²) in [4.78, 5) is 4.73. The lowest BCUT2D eigenvalue weighted by atomic mass is 9.88. The molecule has 0 saturated heterocycles. The fourth-order valence-electron chi connectivity index (χ4n) is 4.55. The molecule has 0 N–H and O–H groups in total. The summed E-state index contributed by atoms with van der Waals surface area (Å²) in [5, 5.41) is 5.21. The van der Waals surface area contributed by atoms with Gasteiger partial charge in [0.1, 0.15) is 0 Å².